The summed E-state index contributed by atoms with van der Waals surface area (Å²) in [7, 11) is 0. The van der Waals surface area contributed by atoms with Crippen molar-refractivity contribution in [2.75, 3.05) is 39.6 Å². The molecule has 0 radical (unpaired) electrons. The fourth-order valence-corrected chi connectivity index (χ4v) is 0.744. The van der Waals surface area contributed by atoms with Crippen molar-refractivity contribution in [1.82, 2.24) is 12.3 Å². The van der Waals surface area contributed by atoms with Gasteiger partial charge >= 0.3 is 18.3 Å². The van der Waals surface area contributed by atoms with Gasteiger partial charge in [-0.1, -0.05) is 0 Å². The van der Waals surface area contributed by atoms with Crippen LogP contribution in [0.4, 0.5) is 14.4 Å². The summed E-state index contributed by atoms with van der Waals surface area (Å²) in [5.74, 6) is 0. The fraction of sp³-hybridized carbons (Fsp3) is 0.750. The Balaban J connectivity index is -0.0000000895. The summed E-state index contributed by atoms with van der Waals surface area (Å²) >= 11 is 0. The second-order valence-electron chi connectivity index (χ2n) is 4.37. The predicted molar refractivity (Wildman–Crippen MR) is 95.9 cm³/mol. The SMILES string of the molecule is N.N.NC(=O)OCC(O)CO.NC(N)=O.O=C1OCC(CO)O1.OCC(O)CO. The molecule has 1 aliphatic heterocycles. The van der Waals surface area contributed by atoms with Crippen LogP contribution >= 0.6 is 0 Å². The second kappa shape index (κ2) is 25.5. The van der Waals surface area contributed by atoms with E-state index in [-0.39, 0.29) is 45.3 Å². The quantitative estimate of drug-likeness (QED) is 0.174. The van der Waals surface area contributed by atoms with Crippen LogP contribution in [-0.2, 0) is 14.2 Å². The van der Waals surface area contributed by atoms with E-state index in [1.54, 1.807) is 0 Å². The number of urea groups is 1. The summed E-state index contributed by atoms with van der Waals surface area (Å²) in [6, 6.07) is -0.833. The van der Waals surface area contributed by atoms with Gasteiger partial charge in [-0.3, -0.25) is 0 Å². The van der Waals surface area contributed by atoms with Crippen molar-refractivity contribution in [1.29, 1.82) is 0 Å². The van der Waals surface area contributed by atoms with Gasteiger partial charge in [0.15, 0.2) is 6.10 Å². The van der Waals surface area contributed by atoms with Crippen molar-refractivity contribution in [3.8, 4) is 0 Å². The number of rotatable bonds is 6. The molecule has 3 amide bonds. The van der Waals surface area contributed by atoms with Gasteiger partial charge in [0, 0.05) is 0 Å². The Labute approximate surface area is 166 Å². The van der Waals surface area contributed by atoms with Crippen LogP contribution in [0.25, 0.3) is 0 Å². The Kier molecular flexibility index (Phi) is 32.8. The number of carbonyl (C=O) groups excluding carboxylic acids is 3. The van der Waals surface area contributed by atoms with E-state index < -0.39 is 43.2 Å². The van der Waals surface area contributed by atoms with Crippen LogP contribution < -0.4 is 29.5 Å². The molecule has 1 heterocycles. The maximum absolute atomic E-state index is 10.1. The molecule has 0 saturated carbocycles. The molecule has 2 atom stereocenters. The summed E-state index contributed by atoms with van der Waals surface area (Å²) in [6.07, 6.45) is -4.07. The standard InChI is InChI=1S/C4H9NO4.C4H6O4.C3H8O3.CH4N2O.2H3N/c5-4(8)9-2-3(7)1-6;5-1-3-2-7-4(6)8-3;4-1-3(6)2-5;2-1(3)4;;/h3,6-7H,1-2H2,(H2,5,8);3,5H,1-2H2;3-6H,1-2H2;(H4,2,3,4);2*1H3. The van der Waals surface area contributed by atoms with Crippen molar-refractivity contribution in [2.45, 2.75) is 18.3 Å². The molecule has 17 nitrogen and oxygen atoms in total. The minimum atomic E-state index is -1.03. The number of cyclic esters (lactones) is 2. The highest BCUT2D eigenvalue weighted by Crippen LogP contribution is 2.03. The van der Waals surface area contributed by atoms with Crippen molar-refractivity contribution >= 4 is 18.3 Å². The van der Waals surface area contributed by atoms with Crippen LogP contribution in [0.3, 0.4) is 0 Å². The Hall–Kier alpha value is -2.51. The first-order chi connectivity index (χ1) is 12.5. The summed E-state index contributed by atoms with van der Waals surface area (Å²) in [5, 5.41) is 49.0. The fourth-order valence-electron chi connectivity index (χ4n) is 0.744. The molecule has 0 bridgehead atoms. The van der Waals surface area contributed by atoms with E-state index in [2.05, 4.69) is 31.4 Å². The molecule has 178 valence electrons. The van der Waals surface area contributed by atoms with Crippen LogP contribution in [0.1, 0.15) is 0 Å². The van der Waals surface area contributed by atoms with Crippen LogP contribution in [0.5, 0.6) is 0 Å². The van der Waals surface area contributed by atoms with Crippen molar-refractivity contribution in [2.24, 2.45) is 17.2 Å². The molecule has 0 spiro atoms. The molecule has 0 aromatic carbocycles. The van der Waals surface area contributed by atoms with Crippen molar-refractivity contribution in [3.63, 3.8) is 0 Å². The first-order valence-corrected chi connectivity index (χ1v) is 7.13. The lowest BCUT2D eigenvalue weighted by molar-refractivity contribution is 0.0349. The molecule has 2 unspecified atom stereocenters. The molecule has 0 aromatic rings. The number of hydrogen-bond donors (Lipinski definition) is 11. The van der Waals surface area contributed by atoms with Crippen LogP contribution in [-0.4, -0.2) is 107 Å². The maximum atomic E-state index is 10.1. The van der Waals surface area contributed by atoms with E-state index in [4.69, 9.17) is 35.4 Å². The van der Waals surface area contributed by atoms with E-state index in [1.807, 2.05) is 0 Å². The number of ether oxygens (including phenoxy) is 3. The van der Waals surface area contributed by atoms with E-state index >= 15 is 0 Å². The number of carbonyl (C=O) groups is 3. The molecule has 1 rings (SSSR count). The van der Waals surface area contributed by atoms with Gasteiger partial charge < -0.3 is 74.4 Å². The highest BCUT2D eigenvalue weighted by atomic mass is 16.8. The third kappa shape index (κ3) is 37.0. The second-order valence-corrected chi connectivity index (χ2v) is 4.37. The van der Waals surface area contributed by atoms with Crippen LogP contribution in [0.15, 0.2) is 0 Å². The third-order valence-electron chi connectivity index (χ3n) is 1.90. The van der Waals surface area contributed by atoms with E-state index in [0.29, 0.717) is 0 Å². The van der Waals surface area contributed by atoms with E-state index in [1.165, 1.54) is 0 Å². The zero-order valence-corrected chi connectivity index (χ0v) is 15.8. The van der Waals surface area contributed by atoms with Gasteiger partial charge in [0.05, 0.1) is 26.4 Å². The minimum Gasteiger partial charge on any atom is -0.447 e. The number of nitrogens with two attached hydrogens (primary N) is 3. The lowest BCUT2D eigenvalue weighted by atomic mass is 10.4. The molecule has 0 aromatic heterocycles. The average molecular weight is 439 g/mol. The number of aliphatic hydroxyl groups is 6. The van der Waals surface area contributed by atoms with Gasteiger partial charge in [0.25, 0.3) is 0 Å². The molecule has 29 heavy (non-hydrogen) atoms. The Bertz CT molecular complexity index is 395. The zero-order valence-electron chi connectivity index (χ0n) is 15.8. The number of amides is 3. The van der Waals surface area contributed by atoms with Gasteiger partial charge in [-0.25, -0.2) is 14.4 Å². The van der Waals surface area contributed by atoms with Gasteiger partial charge in [0.2, 0.25) is 0 Å². The van der Waals surface area contributed by atoms with Crippen LogP contribution in [0.2, 0.25) is 0 Å². The molecule has 17 heteroatoms. The summed E-state index contributed by atoms with van der Waals surface area (Å²) in [5.41, 5.74) is 13.0. The van der Waals surface area contributed by atoms with E-state index in [0.717, 1.165) is 0 Å². The van der Waals surface area contributed by atoms with Gasteiger partial charge in [-0.15, -0.1) is 0 Å². The highest BCUT2D eigenvalue weighted by Gasteiger charge is 2.23. The Morgan fingerprint density at radius 2 is 1.41 bits per heavy atom. The van der Waals surface area contributed by atoms with E-state index in [9.17, 15) is 9.59 Å². The third-order valence-corrected chi connectivity index (χ3v) is 1.90. The largest absolute Gasteiger partial charge is 0.508 e. The Morgan fingerprint density at radius 1 is 1.00 bits per heavy atom. The first-order valence-electron chi connectivity index (χ1n) is 7.13. The average Bonchev–Trinajstić information content (AvgIpc) is 3.05. The van der Waals surface area contributed by atoms with Crippen molar-refractivity contribution in [3.05, 3.63) is 0 Å². The lowest BCUT2D eigenvalue weighted by Gasteiger charge is -2.04. The molecule has 18 N–H and O–H groups in total. The smallest absolute Gasteiger partial charge is 0.447 e. The summed E-state index contributed by atoms with van der Waals surface area (Å²) in [6.45, 7) is -1.41. The predicted octanol–water partition coefficient (Wildman–Crippen LogP) is -4.37. The number of hydrogen-bond acceptors (Lipinski definition) is 14. The molecule has 1 aliphatic rings. The molecular formula is C12H33N5O12. The molecule has 1 fully saturated rings. The van der Waals surface area contributed by atoms with Crippen molar-refractivity contribution < 1.29 is 59.2 Å². The summed E-state index contributed by atoms with van der Waals surface area (Å²) < 4.78 is 12.9. The molecular weight excluding hydrogens is 406 g/mol. The summed E-state index contributed by atoms with van der Waals surface area (Å²) in [4.78, 5) is 28.9. The zero-order chi connectivity index (χ0) is 21.8. The lowest BCUT2D eigenvalue weighted by Crippen LogP contribution is -2.24. The minimum absolute atomic E-state index is 0. The van der Waals surface area contributed by atoms with Gasteiger partial charge in [0.1, 0.15) is 25.4 Å². The van der Waals surface area contributed by atoms with Crippen LogP contribution in [0, 0.1) is 0 Å². The first kappa shape index (κ1) is 37.3. The number of aliphatic hydroxyl groups excluding tert-OH is 6. The molecule has 1 saturated heterocycles. The maximum Gasteiger partial charge on any atom is 0.508 e. The highest BCUT2D eigenvalue weighted by molar-refractivity contribution is 5.69. The normalized spacial score (nSPS) is 14.3. The monoisotopic (exact) mass is 439 g/mol. The van der Waals surface area contributed by atoms with Gasteiger partial charge in [-0.2, -0.15) is 0 Å². The number of primary amides is 3. The topological polar surface area (TPSA) is 348 Å². The molecule has 0 aliphatic carbocycles. The Morgan fingerprint density at radius 3 is 1.59 bits per heavy atom. The van der Waals surface area contributed by atoms with Gasteiger partial charge in [-0.05, 0) is 0 Å².